The van der Waals surface area contributed by atoms with Crippen LogP contribution in [-0.4, -0.2) is 0 Å². The molecule has 0 unspecified atom stereocenters. The van der Waals surface area contributed by atoms with E-state index in [1.807, 2.05) is 0 Å². The van der Waals surface area contributed by atoms with Crippen LogP contribution in [0.5, 0.6) is 0 Å². The number of fused-ring (bicyclic) bond motifs is 12. The maximum atomic E-state index is 7.12. The summed E-state index contributed by atoms with van der Waals surface area (Å²) in [5.41, 5.74) is 27.3. The van der Waals surface area contributed by atoms with E-state index in [2.05, 4.69) is 281 Å². The monoisotopic (exact) mass is 959 g/mol. The Kier molecular flexibility index (Phi) is 9.30. The molecule has 0 bridgehead atoms. The molecule has 3 aliphatic rings. The van der Waals surface area contributed by atoms with Gasteiger partial charge in [-0.2, -0.15) is 0 Å². The molecule has 15 rings (SSSR count). The third-order valence-corrected chi connectivity index (χ3v) is 17.4. The third kappa shape index (κ3) is 6.14. The van der Waals surface area contributed by atoms with E-state index in [-0.39, 0.29) is 10.8 Å². The Morgan fingerprint density at radius 3 is 1.12 bits per heavy atom. The zero-order valence-corrected chi connectivity index (χ0v) is 42.5. The van der Waals surface area contributed by atoms with E-state index in [0.717, 1.165) is 61.3 Å². The van der Waals surface area contributed by atoms with Crippen molar-refractivity contribution in [3.63, 3.8) is 0 Å². The average Bonchev–Trinajstić information content (AvgIpc) is 4.18. The lowest BCUT2D eigenvalue weighted by molar-refractivity contribution is 0.660. The van der Waals surface area contributed by atoms with E-state index >= 15 is 0 Å². The molecule has 1 aromatic heterocycles. The zero-order chi connectivity index (χ0) is 50.2. The fraction of sp³-hybridized carbons (Fsp3) is 0.0959. The molecule has 0 spiro atoms. The molecule has 2 heteroatoms. The topological polar surface area (TPSA) is 16.4 Å². The highest BCUT2D eigenvalue weighted by atomic mass is 16.3. The molecule has 0 N–H and O–H groups in total. The summed E-state index contributed by atoms with van der Waals surface area (Å²) in [6.45, 7) is 9.46. The van der Waals surface area contributed by atoms with Crippen LogP contribution in [0.25, 0.3) is 77.6 Å². The molecule has 0 saturated heterocycles. The van der Waals surface area contributed by atoms with Crippen molar-refractivity contribution in [2.75, 3.05) is 4.90 Å². The van der Waals surface area contributed by atoms with Crippen molar-refractivity contribution in [3.8, 4) is 55.6 Å². The lowest BCUT2D eigenvalue weighted by Gasteiger charge is -2.34. The maximum Gasteiger partial charge on any atom is 0.143 e. The first kappa shape index (κ1) is 43.6. The predicted octanol–water partition coefficient (Wildman–Crippen LogP) is 19.4. The summed E-state index contributed by atoms with van der Waals surface area (Å²) >= 11 is 0. The minimum absolute atomic E-state index is 0.131. The summed E-state index contributed by atoms with van der Waals surface area (Å²) in [6, 6.07) is 92.4. The van der Waals surface area contributed by atoms with Crippen LogP contribution in [0.4, 0.5) is 17.1 Å². The molecule has 0 fully saturated rings. The number of benzene rings is 11. The van der Waals surface area contributed by atoms with Gasteiger partial charge in [0, 0.05) is 49.8 Å². The highest BCUT2D eigenvalue weighted by Crippen LogP contribution is 2.57. The second-order valence-corrected chi connectivity index (χ2v) is 21.9. The summed E-state index contributed by atoms with van der Waals surface area (Å²) in [5.74, 6) is 0. The van der Waals surface area contributed by atoms with E-state index in [0.29, 0.717) is 0 Å². The number of nitrogens with zero attached hydrogens (tertiary/aromatic N) is 1. The molecular weight excluding hydrogens is 907 g/mol. The van der Waals surface area contributed by atoms with Crippen LogP contribution in [0, 0.1) is 0 Å². The highest BCUT2D eigenvalue weighted by molar-refractivity contribution is 6.13. The lowest BCUT2D eigenvalue weighted by atomic mass is 9.67. The lowest BCUT2D eigenvalue weighted by Crippen LogP contribution is -2.28. The Bertz CT molecular complexity index is 4130. The van der Waals surface area contributed by atoms with Crippen molar-refractivity contribution in [2.24, 2.45) is 0 Å². The number of hydrogen-bond acceptors (Lipinski definition) is 2. The second kappa shape index (κ2) is 16.0. The Morgan fingerprint density at radius 1 is 0.280 bits per heavy atom. The van der Waals surface area contributed by atoms with Gasteiger partial charge in [0.15, 0.2) is 0 Å². The van der Waals surface area contributed by atoms with Crippen LogP contribution in [0.2, 0.25) is 0 Å². The number of furan rings is 1. The Balaban J connectivity index is 0.824. The Morgan fingerprint density at radius 2 is 0.640 bits per heavy atom. The fourth-order valence-electron chi connectivity index (χ4n) is 13.8. The molecule has 0 atom stereocenters. The van der Waals surface area contributed by atoms with E-state index in [9.17, 15) is 0 Å². The largest absolute Gasteiger partial charge is 0.455 e. The molecule has 0 amide bonds. The van der Waals surface area contributed by atoms with Gasteiger partial charge in [0.1, 0.15) is 11.2 Å². The average molecular weight is 960 g/mol. The minimum atomic E-state index is -0.449. The fourth-order valence-corrected chi connectivity index (χ4v) is 13.8. The summed E-state index contributed by atoms with van der Waals surface area (Å²) in [4.78, 5) is 2.45. The summed E-state index contributed by atoms with van der Waals surface area (Å²) in [5, 5.41) is 2.22. The number of para-hydroxylation sites is 2. The summed E-state index contributed by atoms with van der Waals surface area (Å²) in [6.07, 6.45) is 0. The van der Waals surface area contributed by atoms with Gasteiger partial charge in [-0.1, -0.05) is 240 Å². The molecular formula is C73H53NO. The van der Waals surface area contributed by atoms with E-state index in [1.54, 1.807) is 0 Å². The second-order valence-electron chi connectivity index (χ2n) is 21.9. The number of hydrogen-bond donors (Lipinski definition) is 0. The molecule has 2 nitrogen and oxygen atoms in total. The summed E-state index contributed by atoms with van der Waals surface area (Å²) < 4.78 is 7.12. The Labute approximate surface area is 438 Å². The van der Waals surface area contributed by atoms with Crippen LogP contribution >= 0.6 is 0 Å². The quantitative estimate of drug-likeness (QED) is 0.158. The van der Waals surface area contributed by atoms with Crippen LogP contribution in [0.15, 0.2) is 253 Å². The van der Waals surface area contributed by atoms with Gasteiger partial charge in [0.2, 0.25) is 0 Å². The van der Waals surface area contributed by atoms with Gasteiger partial charge in [0.05, 0.1) is 5.41 Å². The third-order valence-electron chi connectivity index (χ3n) is 17.4. The molecule has 0 radical (unpaired) electrons. The van der Waals surface area contributed by atoms with Gasteiger partial charge in [0.25, 0.3) is 0 Å². The van der Waals surface area contributed by atoms with Gasteiger partial charge in [-0.3, -0.25) is 0 Å². The van der Waals surface area contributed by atoms with E-state index in [4.69, 9.17) is 4.42 Å². The first-order valence-electron chi connectivity index (χ1n) is 26.4. The minimum Gasteiger partial charge on any atom is -0.455 e. The first-order valence-corrected chi connectivity index (χ1v) is 26.4. The van der Waals surface area contributed by atoms with Crippen molar-refractivity contribution in [1.29, 1.82) is 0 Å². The van der Waals surface area contributed by atoms with E-state index < -0.39 is 5.41 Å². The van der Waals surface area contributed by atoms with Gasteiger partial charge in [-0.05, 0) is 125 Å². The van der Waals surface area contributed by atoms with Crippen LogP contribution in [0.1, 0.15) is 72.2 Å². The van der Waals surface area contributed by atoms with Crippen LogP contribution < -0.4 is 4.90 Å². The standard InChI is InChI=1S/C73H53NO/c1-71(2)63-28-12-8-20-55(63)59-42-40-51(44-67(59)71)74(52-41-43-60-56-21-9-13-29-64(56)72(3,4)68(60)45-52)50-38-34-47(35-39-50)54-25-17-27-62-61-26-16-24-53(69(61)75-70(54)62)46-32-36-49(37-33-46)73(48-18-6-5-7-19-48)65-30-14-10-22-57(65)58-23-11-15-31-66(58)73/h5-45H,1-4H3. The molecule has 75 heavy (non-hydrogen) atoms. The summed E-state index contributed by atoms with van der Waals surface area (Å²) in [7, 11) is 0. The van der Waals surface area contributed by atoms with Crippen molar-refractivity contribution in [3.05, 3.63) is 293 Å². The highest BCUT2D eigenvalue weighted by Gasteiger charge is 2.46. The SMILES string of the molecule is CC1(C)c2ccccc2-c2ccc(N(c3ccc(-c4cccc5c4oc4c(-c6ccc(C7(c8ccccc8)c8ccccc8-c8ccccc87)cc6)cccc45)cc3)c3ccc4c(c3)C(C)(C)c3ccccc3-4)cc21. The molecule has 3 aliphatic carbocycles. The maximum absolute atomic E-state index is 7.12. The molecule has 12 aromatic rings. The molecule has 11 aromatic carbocycles. The predicted molar refractivity (Wildman–Crippen MR) is 312 cm³/mol. The van der Waals surface area contributed by atoms with Gasteiger partial charge in [-0.25, -0.2) is 0 Å². The number of rotatable bonds is 7. The molecule has 1 heterocycles. The van der Waals surface area contributed by atoms with Gasteiger partial charge >= 0.3 is 0 Å². The molecule has 356 valence electrons. The van der Waals surface area contributed by atoms with Gasteiger partial charge in [-0.15, -0.1) is 0 Å². The van der Waals surface area contributed by atoms with Crippen molar-refractivity contribution >= 4 is 39.0 Å². The van der Waals surface area contributed by atoms with Crippen LogP contribution in [0.3, 0.4) is 0 Å². The molecule has 0 saturated carbocycles. The van der Waals surface area contributed by atoms with Crippen molar-refractivity contribution in [1.82, 2.24) is 0 Å². The van der Waals surface area contributed by atoms with Gasteiger partial charge < -0.3 is 9.32 Å². The normalized spacial score (nSPS) is 14.7. The first-order chi connectivity index (χ1) is 36.7. The zero-order valence-electron chi connectivity index (χ0n) is 42.5. The Hall–Kier alpha value is -8.98. The van der Waals surface area contributed by atoms with Crippen molar-refractivity contribution < 1.29 is 4.42 Å². The molecule has 0 aliphatic heterocycles. The van der Waals surface area contributed by atoms with Crippen molar-refractivity contribution in [2.45, 2.75) is 43.9 Å². The van der Waals surface area contributed by atoms with Crippen LogP contribution in [-0.2, 0) is 16.2 Å². The van der Waals surface area contributed by atoms with E-state index in [1.165, 1.54) is 77.9 Å². The smallest absolute Gasteiger partial charge is 0.143 e. The number of anilines is 3.